The summed E-state index contributed by atoms with van der Waals surface area (Å²) in [4.78, 5) is 28.5. The van der Waals surface area contributed by atoms with E-state index in [0.29, 0.717) is 39.0 Å². The number of nitrogens with zero attached hydrogens (tertiary/aromatic N) is 2. The molecule has 26 heavy (non-hydrogen) atoms. The number of piperazine rings is 1. The molecule has 0 saturated carbocycles. The number of hydrogen-bond acceptors (Lipinski definition) is 5. The van der Waals surface area contributed by atoms with E-state index in [0.717, 1.165) is 11.3 Å². The smallest absolute Gasteiger partial charge is 0.264 e. The van der Waals surface area contributed by atoms with Crippen LogP contribution in [0.3, 0.4) is 0 Å². The lowest BCUT2D eigenvalue weighted by Crippen LogP contribution is -2.56. The summed E-state index contributed by atoms with van der Waals surface area (Å²) in [5.41, 5.74) is 1.04. The lowest BCUT2D eigenvalue weighted by atomic mass is 10.1. The van der Waals surface area contributed by atoms with Crippen LogP contribution in [0.5, 0.6) is 5.75 Å². The molecule has 0 radical (unpaired) electrons. The Morgan fingerprint density at radius 1 is 1.04 bits per heavy atom. The molecule has 3 aliphatic heterocycles. The average molecular weight is 379 g/mol. The number of nitrogens with one attached hydrogen (secondary N) is 1. The molecular weight excluding hydrogens is 358 g/mol. The van der Waals surface area contributed by atoms with Crippen molar-refractivity contribution in [3.8, 4) is 5.75 Å². The van der Waals surface area contributed by atoms with Crippen molar-refractivity contribution in [2.45, 2.75) is 25.0 Å². The second-order valence-electron chi connectivity index (χ2n) is 6.85. The van der Waals surface area contributed by atoms with Gasteiger partial charge in [-0.05, 0) is 18.1 Å². The number of para-hydroxylation sites is 1. The zero-order valence-corrected chi connectivity index (χ0v) is 15.1. The second-order valence-corrected chi connectivity index (χ2v) is 8.72. The molecule has 1 aromatic carbocycles. The molecule has 9 heteroatoms. The molecule has 1 N–H and O–H groups in total. The van der Waals surface area contributed by atoms with Crippen molar-refractivity contribution < 1.29 is 22.7 Å². The summed E-state index contributed by atoms with van der Waals surface area (Å²) in [5.74, 6) is 0.479. The fraction of sp³-hybridized carbons (Fsp3) is 0.529. The van der Waals surface area contributed by atoms with Crippen LogP contribution in [-0.2, 0) is 26.0 Å². The van der Waals surface area contributed by atoms with Crippen LogP contribution in [0, 0.1) is 0 Å². The molecule has 3 heterocycles. The topological polar surface area (TPSA) is 96.0 Å². The first-order valence-electron chi connectivity index (χ1n) is 8.75. The first kappa shape index (κ1) is 17.3. The van der Waals surface area contributed by atoms with Gasteiger partial charge in [0.15, 0.2) is 6.10 Å². The van der Waals surface area contributed by atoms with Gasteiger partial charge in [-0.1, -0.05) is 18.2 Å². The third-order valence-electron chi connectivity index (χ3n) is 5.12. The molecule has 2 unspecified atom stereocenters. The number of amides is 2. The van der Waals surface area contributed by atoms with E-state index in [9.17, 15) is 18.0 Å². The van der Waals surface area contributed by atoms with Gasteiger partial charge < -0.3 is 14.5 Å². The van der Waals surface area contributed by atoms with Crippen molar-refractivity contribution >= 4 is 21.8 Å². The van der Waals surface area contributed by atoms with Gasteiger partial charge in [-0.3, -0.25) is 9.59 Å². The third kappa shape index (κ3) is 3.28. The van der Waals surface area contributed by atoms with E-state index < -0.39 is 22.2 Å². The summed E-state index contributed by atoms with van der Waals surface area (Å²) in [6.45, 7) is 1.67. The predicted molar refractivity (Wildman–Crippen MR) is 93.0 cm³/mol. The molecule has 8 nitrogen and oxygen atoms in total. The monoisotopic (exact) mass is 379 g/mol. The van der Waals surface area contributed by atoms with E-state index in [1.165, 1.54) is 0 Å². The van der Waals surface area contributed by atoms with Gasteiger partial charge in [-0.25, -0.2) is 13.1 Å². The van der Waals surface area contributed by atoms with Crippen molar-refractivity contribution in [3.63, 3.8) is 0 Å². The van der Waals surface area contributed by atoms with Crippen LogP contribution in [0.2, 0.25) is 0 Å². The van der Waals surface area contributed by atoms with Crippen LogP contribution < -0.4 is 9.46 Å². The molecule has 2 amide bonds. The highest BCUT2D eigenvalue weighted by Gasteiger charge is 2.38. The summed E-state index contributed by atoms with van der Waals surface area (Å²) in [6, 6.07) is 6.96. The van der Waals surface area contributed by atoms with E-state index in [1.54, 1.807) is 9.80 Å². The highest BCUT2D eigenvalue weighted by atomic mass is 32.2. The molecule has 0 bridgehead atoms. The number of fused-ring (bicyclic) bond motifs is 1. The summed E-state index contributed by atoms with van der Waals surface area (Å²) in [7, 11) is -3.32. The van der Waals surface area contributed by atoms with Gasteiger partial charge in [0.05, 0.1) is 5.75 Å². The maximum absolute atomic E-state index is 12.7. The lowest BCUT2D eigenvalue weighted by Gasteiger charge is -2.36. The standard InChI is InChI=1S/C17H21N3O5S/c21-16(13-5-10-26(23,24)18-13)19-6-8-20(9-7-19)17(22)15-11-12-3-1-2-4-14(12)25-15/h1-4,13,15,18H,5-11H2. The second kappa shape index (κ2) is 6.55. The SMILES string of the molecule is O=C(C1CCS(=O)(=O)N1)N1CCN(C(=O)C2Cc3ccccc3O2)CC1. The Morgan fingerprint density at radius 2 is 1.69 bits per heavy atom. The number of benzene rings is 1. The van der Waals surface area contributed by atoms with Gasteiger partial charge in [0.2, 0.25) is 15.9 Å². The van der Waals surface area contributed by atoms with Gasteiger partial charge in [-0.15, -0.1) is 0 Å². The molecule has 0 spiro atoms. The maximum atomic E-state index is 12.7. The lowest BCUT2D eigenvalue weighted by molar-refractivity contribution is -0.144. The van der Waals surface area contributed by atoms with Crippen LogP contribution in [0.15, 0.2) is 24.3 Å². The fourth-order valence-corrected chi connectivity index (χ4v) is 4.99. The third-order valence-corrected chi connectivity index (χ3v) is 6.54. The minimum absolute atomic E-state index is 0.0125. The quantitative estimate of drug-likeness (QED) is 0.737. The Kier molecular flexibility index (Phi) is 4.36. The number of rotatable bonds is 2. The zero-order chi connectivity index (χ0) is 18.3. The number of hydrogen-bond donors (Lipinski definition) is 1. The number of ether oxygens (including phenoxy) is 1. The molecule has 2 atom stereocenters. The van der Waals surface area contributed by atoms with Crippen LogP contribution in [0.1, 0.15) is 12.0 Å². The largest absolute Gasteiger partial charge is 0.480 e. The first-order valence-corrected chi connectivity index (χ1v) is 10.4. The summed E-state index contributed by atoms with van der Waals surface area (Å²) < 4.78 is 31.1. The van der Waals surface area contributed by atoms with Crippen LogP contribution in [0.25, 0.3) is 0 Å². The average Bonchev–Trinajstić information content (AvgIpc) is 3.23. The van der Waals surface area contributed by atoms with Crippen molar-refractivity contribution in [2.75, 3.05) is 31.9 Å². The molecule has 0 aliphatic carbocycles. The molecule has 140 valence electrons. The van der Waals surface area contributed by atoms with Crippen molar-refractivity contribution in [1.82, 2.24) is 14.5 Å². The number of sulfonamides is 1. The summed E-state index contributed by atoms with van der Waals surface area (Å²) in [5, 5.41) is 0. The summed E-state index contributed by atoms with van der Waals surface area (Å²) in [6.07, 6.45) is 0.364. The summed E-state index contributed by atoms with van der Waals surface area (Å²) >= 11 is 0. The Morgan fingerprint density at radius 3 is 2.31 bits per heavy atom. The van der Waals surface area contributed by atoms with Gasteiger partial charge in [0, 0.05) is 32.6 Å². The van der Waals surface area contributed by atoms with Crippen molar-refractivity contribution in [3.05, 3.63) is 29.8 Å². The minimum atomic E-state index is -3.32. The van der Waals surface area contributed by atoms with E-state index in [2.05, 4.69) is 4.72 Å². The predicted octanol–water partition coefficient (Wildman–Crippen LogP) is -0.647. The molecule has 0 aromatic heterocycles. The molecule has 2 saturated heterocycles. The van der Waals surface area contributed by atoms with Crippen molar-refractivity contribution in [2.24, 2.45) is 0 Å². The van der Waals surface area contributed by atoms with Gasteiger partial charge in [-0.2, -0.15) is 0 Å². The molecule has 3 aliphatic rings. The van der Waals surface area contributed by atoms with E-state index >= 15 is 0 Å². The Balaban J connectivity index is 1.31. The highest BCUT2D eigenvalue weighted by molar-refractivity contribution is 7.89. The van der Waals surface area contributed by atoms with Crippen molar-refractivity contribution in [1.29, 1.82) is 0 Å². The van der Waals surface area contributed by atoms with Gasteiger partial charge >= 0.3 is 0 Å². The number of carbonyl (C=O) groups is 2. The molecule has 4 rings (SSSR count). The Hall–Kier alpha value is -2.13. The zero-order valence-electron chi connectivity index (χ0n) is 14.3. The number of carbonyl (C=O) groups excluding carboxylic acids is 2. The molecule has 2 fully saturated rings. The molecule has 1 aromatic rings. The first-order chi connectivity index (χ1) is 12.4. The maximum Gasteiger partial charge on any atom is 0.264 e. The van der Waals surface area contributed by atoms with Gasteiger partial charge in [0.25, 0.3) is 5.91 Å². The van der Waals surface area contributed by atoms with E-state index in [4.69, 9.17) is 4.74 Å². The van der Waals surface area contributed by atoms with Crippen LogP contribution in [-0.4, -0.2) is 74.1 Å². The van der Waals surface area contributed by atoms with Gasteiger partial charge in [0.1, 0.15) is 11.8 Å². The Labute approximate surface area is 152 Å². The minimum Gasteiger partial charge on any atom is -0.480 e. The fourth-order valence-electron chi connectivity index (χ4n) is 3.67. The van der Waals surface area contributed by atoms with Crippen LogP contribution >= 0.6 is 0 Å². The Bertz CT molecular complexity index is 808. The highest BCUT2D eigenvalue weighted by Crippen LogP contribution is 2.29. The van der Waals surface area contributed by atoms with Crippen LogP contribution in [0.4, 0.5) is 0 Å². The van der Waals surface area contributed by atoms with E-state index in [-0.39, 0.29) is 17.6 Å². The molecular formula is C17H21N3O5S. The van der Waals surface area contributed by atoms with E-state index in [1.807, 2.05) is 24.3 Å². The normalized spacial score (nSPS) is 27.1.